The number of ether oxygens (including phenoxy) is 1. The number of nitrogens with zero attached hydrogens (tertiary/aromatic N) is 1. The number of phenols is 1. The number of benzene rings is 2. The van der Waals surface area contributed by atoms with Crippen LogP contribution in [0.4, 0.5) is 0 Å². The van der Waals surface area contributed by atoms with E-state index in [0.29, 0.717) is 12.3 Å². The first-order chi connectivity index (χ1) is 13.4. The first kappa shape index (κ1) is 20.6. The summed E-state index contributed by atoms with van der Waals surface area (Å²) in [6.07, 6.45) is 2.40. The van der Waals surface area contributed by atoms with E-state index in [-0.39, 0.29) is 11.9 Å². The number of hydrogen-bond donors (Lipinski definition) is 1. The van der Waals surface area contributed by atoms with Crippen LogP contribution in [0.15, 0.2) is 30.3 Å². The molecule has 1 atom stereocenters. The third-order valence-electron chi connectivity index (χ3n) is 5.74. The maximum Gasteiger partial charge on any atom is 0.160 e. The molecule has 1 N–H and O–H groups in total. The maximum absolute atomic E-state index is 12.2. The average Bonchev–Trinajstić information content (AvgIpc) is 3.13. The van der Waals surface area contributed by atoms with Crippen LogP contribution >= 0.6 is 0 Å². The maximum atomic E-state index is 12.2. The lowest BCUT2D eigenvalue weighted by Gasteiger charge is -2.28. The predicted molar refractivity (Wildman–Crippen MR) is 112 cm³/mol. The first-order valence-corrected chi connectivity index (χ1v) is 10.1. The topological polar surface area (TPSA) is 49.8 Å². The Kier molecular flexibility index (Phi) is 6.53. The van der Waals surface area contributed by atoms with Gasteiger partial charge in [-0.3, -0.25) is 9.69 Å². The molecule has 0 spiro atoms. The largest absolute Gasteiger partial charge is 0.508 e. The lowest BCUT2D eigenvalue weighted by atomic mass is 9.91. The second-order valence-corrected chi connectivity index (χ2v) is 7.98. The summed E-state index contributed by atoms with van der Waals surface area (Å²) in [7, 11) is 0. The fourth-order valence-electron chi connectivity index (χ4n) is 4.38. The molecule has 1 fully saturated rings. The number of rotatable bonds is 7. The monoisotopic (exact) mass is 381 g/mol. The number of aryl methyl sites for hydroxylation is 2. The molecule has 4 heteroatoms. The molecule has 1 aliphatic rings. The van der Waals surface area contributed by atoms with Crippen molar-refractivity contribution in [3.63, 3.8) is 0 Å². The van der Waals surface area contributed by atoms with Crippen LogP contribution in [0.5, 0.6) is 5.75 Å². The highest BCUT2D eigenvalue weighted by Gasteiger charge is 2.22. The molecular weight excluding hydrogens is 350 g/mol. The summed E-state index contributed by atoms with van der Waals surface area (Å²) in [5.41, 5.74) is 6.26. The van der Waals surface area contributed by atoms with Gasteiger partial charge in [0.1, 0.15) is 5.75 Å². The molecule has 150 valence electrons. The van der Waals surface area contributed by atoms with Gasteiger partial charge in [-0.2, -0.15) is 0 Å². The van der Waals surface area contributed by atoms with E-state index in [9.17, 15) is 9.90 Å². The number of carbonyl (C=O) groups excluding carboxylic acids is 1. The van der Waals surface area contributed by atoms with E-state index < -0.39 is 0 Å². The van der Waals surface area contributed by atoms with Gasteiger partial charge in [0, 0.05) is 37.4 Å². The summed E-state index contributed by atoms with van der Waals surface area (Å²) < 4.78 is 5.87. The molecule has 1 saturated heterocycles. The molecule has 0 amide bonds. The van der Waals surface area contributed by atoms with Gasteiger partial charge in [0.2, 0.25) is 0 Å². The van der Waals surface area contributed by atoms with Gasteiger partial charge in [0.05, 0.1) is 6.10 Å². The van der Waals surface area contributed by atoms with E-state index in [1.807, 2.05) is 25.1 Å². The minimum atomic E-state index is 0.114. The number of phenolic OH excluding ortho intramolecular Hbond substituents is 1. The van der Waals surface area contributed by atoms with Crippen molar-refractivity contribution in [1.29, 1.82) is 0 Å². The van der Waals surface area contributed by atoms with E-state index in [2.05, 4.69) is 24.8 Å². The Bertz CT molecular complexity index is 853. The van der Waals surface area contributed by atoms with Crippen molar-refractivity contribution in [2.45, 2.75) is 59.7 Å². The Labute approximate surface area is 168 Å². The lowest BCUT2D eigenvalue weighted by Crippen LogP contribution is -2.32. The second kappa shape index (κ2) is 8.89. The van der Waals surface area contributed by atoms with E-state index in [1.54, 1.807) is 13.0 Å². The van der Waals surface area contributed by atoms with Gasteiger partial charge in [-0.1, -0.05) is 24.3 Å². The van der Waals surface area contributed by atoms with Gasteiger partial charge in [-0.05, 0) is 68.9 Å². The average molecular weight is 382 g/mol. The molecule has 1 aliphatic heterocycles. The van der Waals surface area contributed by atoms with Crippen molar-refractivity contribution in [3.8, 4) is 5.75 Å². The third-order valence-corrected chi connectivity index (χ3v) is 5.74. The van der Waals surface area contributed by atoms with Gasteiger partial charge in [0.15, 0.2) is 5.78 Å². The van der Waals surface area contributed by atoms with Crippen molar-refractivity contribution in [1.82, 2.24) is 4.90 Å². The molecular formula is C24H31NO3. The van der Waals surface area contributed by atoms with E-state index in [4.69, 9.17) is 4.74 Å². The van der Waals surface area contributed by atoms with E-state index in [1.165, 1.54) is 11.1 Å². The Morgan fingerprint density at radius 3 is 2.57 bits per heavy atom. The minimum Gasteiger partial charge on any atom is -0.508 e. The molecule has 4 nitrogen and oxygen atoms in total. The smallest absolute Gasteiger partial charge is 0.160 e. The van der Waals surface area contributed by atoms with Gasteiger partial charge < -0.3 is 9.84 Å². The highest BCUT2D eigenvalue weighted by atomic mass is 16.5. The van der Waals surface area contributed by atoms with Crippen LogP contribution in [0.3, 0.4) is 0 Å². The molecule has 1 unspecified atom stereocenters. The van der Waals surface area contributed by atoms with Crippen LogP contribution in [-0.4, -0.2) is 35.0 Å². The summed E-state index contributed by atoms with van der Waals surface area (Å²) >= 11 is 0. The van der Waals surface area contributed by atoms with Crippen LogP contribution in [0, 0.1) is 20.8 Å². The molecule has 3 rings (SSSR count). The normalized spacial score (nSPS) is 16.7. The zero-order chi connectivity index (χ0) is 20.3. The fourth-order valence-corrected chi connectivity index (χ4v) is 4.38. The number of aromatic hydroxyl groups is 1. The van der Waals surface area contributed by atoms with Crippen molar-refractivity contribution in [2.24, 2.45) is 0 Å². The van der Waals surface area contributed by atoms with Crippen LogP contribution in [0.1, 0.15) is 57.9 Å². The molecule has 0 bridgehead atoms. The van der Waals surface area contributed by atoms with E-state index in [0.717, 1.165) is 54.8 Å². The molecule has 2 aromatic rings. The third kappa shape index (κ3) is 4.62. The molecule has 0 radical (unpaired) electrons. The number of Topliss-reactive ketones (excluding diaryl/α,β-unsaturated/α-hetero) is 1. The number of ketones is 1. The summed E-state index contributed by atoms with van der Waals surface area (Å²) in [6, 6.07) is 9.61. The predicted octanol–water partition coefficient (Wildman–Crippen LogP) is 4.70. The van der Waals surface area contributed by atoms with Gasteiger partial charge in [-0.15, -0.1) is 0 Å². The number of hydrogen-bond acceptors (Lipinski definition) is 4. The molecule has 2 aromatic carbocycles. The van der Waals surface area contributed by atoms with Crippen LogP contribution in [-0.2, 0) is 17.8 Å². The molecule has 1 heterocycles. The van der Waals surface area contributed by atoms with Gasteiger partial charge >= 0.3 is 0 Å². The standard InChI is InChI=1S/C24H31NO3/c1-16-12-17(2)24(19(4)26)18(3)22(16)15-25(14-21-9-7-11-28-21)13-20-8-5-6-10-23(20)27/h5-6,8,10,12,21,27H,7,9,11,13-15H2,1-4H3. The van der Waals surface area contributed by atoms with Gasteiger partial charge in [-0.25, -0.2) is 0 Å². The first-order valence-electron chi connectivity index (χ1n) is 10.1. The van der Waals surface area contributed by atoms with Crippen molar-refractivity contribution < 1.29 is 14.6 Å². The highest BCUT2D eigenvalue weighted by molar-refractivity contribution is 5.97. The Morgan fingerprint density at radius 1 is 1.18 bits per heavy atom. The Balaban J connectivity index is 1.91. The highest BCUT2D eigenvalue weighted by Crippen LogP contribution is 2.27. The SMILES string of the molecule is CC(=O)c1c(C)cc(C)c(CN(Cc2ccccc2O)CC2CCCO2)c1C. The second-order valence-electron chi connectivity index (χ2n) is 7.98. The molecule has 0 aromatic heterocycles. The summed E-state index contributed by atoms with van der Waals surface area (Å²) in [6.45, 7) is 10.8. The van der Waals surface area contributed by atoms with Crippen molar-refractivity contribution in [3.05, 3.63) is 63.7 Å². The number of para-hydroxylation sites is 1. The Morgan fingerprint density at radius 2 is 1.93 bits per heavy atom. The summed E-state index contributed by atoms with van der Waals surface area (Å²) in [4.78, 5) is 14.5. The fraction of sp³-hybridized carbons (Fsp3) is 0.458. The van der Waals surface area contributed by atoms with Crippen molar-refractivity contribution in [2.75, 3.05) is 13.2 Å². The lowest BCUT2D eigenvalue weighted by molar-refractivity contribution is 0.0674. The number of carbonyl (C=O) groups is 1. The molecule has 28 heavy (non-hydrogen) atoms. The molecule has 0 saturated carbocycles. The molecule has 0 aliphatic carbocycles. The van der Waals surface area contributed by atoms with Crippen LogP contribution in [0.25, 0.3) is 0 Å². The summed E-state index contributed by atoms with van der Waals surface area (Å²) in [5.74, 6) is 0.434. The van der Waals surface area contributed by atoms with Crippen LogP contribution in [0.2, 0.25) is 0 Å². The minimum absolute atomic E-state index is 0.114. The van der Waals surface area contributed by atoms with Crippen LogP contribution < -0.4 is 0 Å². The Hall–Kier alpha value is -2.17. The quantitative estimate of drug-likeness (QED) is 0.706. The summed E-state index contributed by atoms with van der Waals surface area (Å²) in [5, 5.41) is 10.2. The zero-order valence-corrected chi connectivity index (χ0v) is 17.4. The zero-order valence-electron chi connectivity index (χ0n) is 17.4. The van der Waals surface area contributed by atoms with E-state index >= 15 is 0 Å². The van der Waals surface area contributed by atoms with Crippen molar-refractivity contribution >= 4 is 5.78 Å². The van der Waals surface area contributed by atoms with Gasteiger partial charge in [0.25, 0.3) is 0 Å².